The maximum Gasteiger partial charge on any atom is 0.200 e. The fourth-order valence-corrected chi connectivity index (χ4v) is 5.11. The number of fused-ring (bicyclic) bond motifs is 1. The van der Waals surface area contributed by atoms with Crippen molar-refractivity contribution < 1.29 is 37.2 Å². The zero-order valence-electron chi connectivity index (χ0n) is 21.2. The number of hydrogen-bond donors (Lipinski definition) is 2. The molecule has 10 heteroatoms. The number of aromatic nitrogens is 1. The Bertz CT molecular complexity index is 1250. The molecule has 0 saturated carbocycles. The summed E-state index contributed by atoms with van der Waals surface area (Å²) in [4.78, 5) is 6.37. The Morgan fingerprint density at radius 1 is 1.13 bits per heavy atom. The molecule has 206 valence electrons. The Morgan fingerprint density at radius 2 is 1.89 bits per heavy atom. The number of hydrogen-bond acceptors (Lipinski definition) is 6. The summed E-state index contributed by atoms with van der Waals surface area (Å²) in [6, 6.07) is 6.54. The van der Waals surface area contributed by atoms with Crippen LogP contribution in [0.25, 0.3) is 10.9 Å². The van der Waals surface area contributed by atoms with Crippen molar-refractivity contribution in [1.82, 2.24) is 9.88 Å². The first-order valence-corrected chi connectivity index (χ1v) is 12.6. The van der Waals surface area contributed by atoms with E-state index < -0.39 is 41.4 Å². The lowest BCUT2D eigenvalue weighted by Crippen LogP contribution is -2.43. The number of ether oxygens (including phenoxy) is 2. The summed E-state index contributed by atoms with van der Waals surface area (Å²) in [6.45, 7) is 0.914. The number of aliphatic hydroxyl groups excluding tert-OH is 2. The SMILES string of the molecule is COc1ccc2ncc(CF)c(C(O)CCC3(CO)CCN(CCOc4cc(F)cc(F)c4F)CC3)c2c1. The molecule has 0 bridgehead atoms. The molecule has 2 aromatic carbocycles. The summed E-state index contributed by atoms with van der Waals surface area (Å²) in [7, 11) is 1.53. The monoisotopic (exact) mass is 536 g/mol. The van der Waals surface area contributed by atoms with Gasteiger partial charge in [0.25, 0.3) is 0 Å². The van der Waals surface area contributed by atoms with E-state index in [0.717, 1.165) is 6.07 Å². The Morgan fingerprint density at radius 3 is 2.58 bits per heavy atom. The summed E-state index contributed by atoms with van der Waals surface area (Å²) in [5.74, 6) is -3.32. The number of benzene rings is 2. The first-order valence-electron chi connectivity index (χ1n) is 12.6. The minimum Gasteiger partial charge on any atom is -0.497 e. The molecule has 3 aromatic rings. The lowest BCUT2D eigenvalue weighted by molar-refractivity contribution is 0.0202. The molecule has 1 fully saturated rings. The van der Waals surface area contributed by atoms with E-state index in [0.29, 0.717) is 79.2 Å². The number of rotatable bonds is 11. The predicted molar refractivity (Wildman–Crippen MR) is 134 cm³/mol. The lowest BCUT2D eigenvalue weighted by atomic mass is 9.74. The van der Waals surface area contributed by atoms with E-state index in [1.165, 1.54) is 13.3 Å². The van der Waals surface area contributed by atoms with Crippen molar-refractivity contribution >= 4 is 10.9 Å². The van der Waals surface area contributed by atoms with Crippen molar-refractivity contribution in [1.29, 1.82) is 0 Å². The summed E-state index contributed by atoms with van der Waals surface area (Å²) in [5, 5.41) is 22.0. The number of likely N-dealkylation sites (tertiary alicyclic amines) is 1. The normalized spacial score (nSPS) is 16.5. The maximum atomic E-state index is 13.8. The maximum absolute atomic E-state index is 13.8. The molecule has 0 spiro atoms. The number of alkyl halides is 1. The molecule has 38 heavy (non-hydrogen) atoms. The summed E-state index contributed by atoms with van der Waals surface area (Å²) in [6.07, 6.45) is 2.66. The van der Waals surface area contributed by atoms with E-state index in [2.05, 4.69) is 9.88 Å². The van der Waals surface area contributed by atoms with Crippen molar-refractivity contribution in [3.8, 4) is 11.5 Å². The smallest absolute Gasteiger partial charge is 0.200 e. The molecule has 1 saturated heterocycles. The highest BCUT2D eigenvalue weighted by Crippen LogP contribution is 2.40. The number of piperidine rings is 1. The molecule has 1 aliphatic rings. The second-order valence-electron chi connectivity index (χ2n) is 9.82. The first-order chi connectivity index (χ1) is 18.3. The van der Waals surface area contributed by atoms with Crippen LogP contribution >= 0.6 is 0 Å². The van der Waals surface area contributed by atoms with E-state index in [1.807, 2.05) is 0 Å². The van der Waals surface area contributed by atoms with Crippen LogP contribution in [0.3, 0.4) is 0 Å². The molecule has 0 radical (unpaired) electrons. The van der Waals surface area contributed by atoms with E-state index in [4.69, 9.17) is 9.47 Å². The third-order valence-corrected chi connectivity index (χ3v) is 7.50. The van der Waals surface area contributed by atoms with Gasteiger partial charge in [0.05, 0.1) is 18.7 Å². The van der Waals surface area contributed by atoms with Gasteiger partial charge in [-0.15, -0.1) is 0 Å². The van der Waals surface area contributed by atoms with Gasteiger partial charge >= 0.3 is 0 Å². The van der Waals surface area contributed by atoms with Gasteiger partial charge in [0, 0.05) is 42.4 Å². The van der Waals surface area contributed by atoms with E-state index >= 15 is 0 Å². The number of pyridine rings is 1. The average Bonchev–Trinajstić information content (AvgIpc) is 2.94. The summed E-state index contributed by atoms with van der Waals surface area (Å²) < 4.78 is 64.8. The van der Waals surface area contributed by atoms with Crippen LogP contribution in [0.15, 0.2) is 36.5 Å². The van der Waals surface area contributed by atoms with Gasteiger partial charge in [0.2, 0.25) is 5.82 Å². The van der Waals surface area contributed by atoms with Crippen molar-refractivity contribution in [3.63, 3.8) is 0 Å². The zero-order valence-corrected chi connectivity index (χ0v) is 21.2. The van der Waals surface area contributed by atoms with Crippen molar-refractivity contribution in [2.24, 2.45) is 5.41 Å². The van der Waals surface area contributed by atoms with Crippen LogP contribution in [-0.2, 0) is 6.67 Å². The lowest BCUT2D eigenvalue weighted by Gasteiger charge is -2.41. The molecule has 1 aromatic heterocycles. The molecule has 2 heterocycles. The number of halogens is 4. The average molecular weight is 537 g/mol. The molecule has 1 atom stereocenters. The van der Waals surface area contributed by atoms with Gasteiger partial charge in [-0.25, -0.2) is 13.2 Å². The summed E-state index contributed by atoms with van der Waals surface area (Å²) in [5.41, 5.74) is 1.03. The van der Waals surface area contributed by atoms with E-state index in [-0.39, 0.29) is 13.2 Å². The minimum atomic E-state index is -1.30. The first kappa shape index (κ1) is 28.1. The zero-order chi connectivity index (χ0) is 27.3. The van der Waals surface area contributed by atoms with Crippen LogP contribution < -0.4 is 9.47 Å². The molecule has 1 unspecified atom stereocenters. The molecule has 2 N–H and O–H groups in total. The van der Waals surface area contributed by atoms with Gasteiger partial charge in [-0.2, -0.15) is 4.39 Å². The fraction of sp³-hybridized carbons (Fsp3) is 0.464. The topological polar surface area (TPSA) is 75.0 Å². The van der Waals surface area contributed by atoms with Crippen LogP contribution in [-0.4, -0.2) is 60.1 Å². The van der Waals surface area contributed by atoms with Crippen molar-refractivity contribution in [2.45, 2.75) is 38.5 Å². The third kappa shape index (κ3) is 6.19. The van der Waals surface area contributed by atoms with Gasteiger partial charge in [0.1, 0.15) is 24.8 Å². The highest BCUT2D eigenvalue weighted by molar-refractivity contribution is 5.85. The molecule has 4 rings (SSSR count). The van der Waals surface area contributed by atoms with Gasteiger partial charge in [-0.3, -0.25) is 9.88 Å². The molecular weight excluding hydrogens is 504 g/mol. The minimum absolute atomic E-state index is 0.0508. The van der Waals surface area contributed by atoms with Crippen LogP contribution in [0.5, 0.6) is 11.5 Å². The van der Waals surface area contributed by atoms with Crippen molar-refractivity contribution in [3.05, 3.63) is 65.1 Å². The Balaban J connectivity index is 1.35. The van der Waals surface area contributed by atoms with E-state index in [9.17, 15) is 27.8 Å². The van der Waals surface area contributed by atoms with Crippen molar-refractivity contribution in [2.75, 3.05) is 40.0 Å². The molecule has 0 aliphatic carbocycles. The Labute approximate surface area is 218 Å². The van der Waals surface area contributed by atoms with Crippen LogP contribution in [0.1, 0.15) is 42.9 Å². The molecule has 1 aliphatic heterocycles. The molecule has 0 amide bonds. The molecular formula is C28H32F4N2O4. The fourth-order valence-electron chi connectivity index (χ4n) is 5.11. The van der Waals surface area contributed by atoms with E-state index in [1.54, 1.807) is 18.2 Å². The van der Waals surface area contributed by atoms with Gasteiger partial charge in [0.15, 0.2) is 11.6 Å². The summed E-state index contributed by atoms with van der Waals surface area (Å²) >= 11 is 0. The highest BCUT2D eigenvalue weighted by Gasteiger charge is 2.35. The predicted octanol–water partition coefficient (Wildman–Crippen LogP) is 5.10. The number of nitrogens with zero attached hydrogens (tertiary/aromatic N) is 2. The second kappa shape index (κ2) is 12.3. The molecule has 6 nitrogen and oxygen atoms in total. The quantitative estimate of drug-likeness (QED) is 0.263. The number of methoxy groups -OCH3 is 1. The Hall–Kier alpha value is -2.95. The van der Waals surface area contributed by atoms with Gasteiger partial charge < -0.3 is 19.7 Å². The second-order valence-corrected chi connectivity index (χ2v) is 9.82. The number of aliphatic hydroxyl groups is 2. The highest BCUT2D eigenvalue weighted by atomic mass is 19.2. The third-order valence-electron chi connectivity index (χ3n) is 7.50. The van der Waals surface area contributed by atoms with Crippen LogP contribution in [0.2, 0.25) is 0 Å². The van der Waals surface area contributed by atoms with Gasteiger partial charge in [-0.1, -0.05) is 0 Å². The van der Waals surface area contributed by atoms with Crippen LogP contribution in [0.4, 0.5) is 17.6 Å². The van der Waals surface area contributed by atoms with Crippen LogP contribution in [0, 0.1) is 22.9 Å². The van der Waals surface area contributed by atoms with Gasteiger partial charge in [-0.05, 0) is 68.0 Å². The standard InChI is InChI=1S/C28H32F4N2O4/c1-37-20-2-3-23-21(14-20)26(18(15-29)16-33-23)24(36)4-5-28(17-35)6-8-34(9-7-28)10-11-38-25-13-19(30)12-22(31)27(25)32/h2-3,12-14,16,24,35-36H,4-11,15,17H2,1H3. The Kier molecular flexibility index (Phi) is 9.07. The largest absolute Gasteiger partial charge is 0.497 e.